The molecule has 2 heterocycles. The summed E-state index contributed by atoms with van der Waals surface area (Å²) >= 11 is 0. The van der Waals surface area contributed by atoms with E-state index >= 15 is 0 Å². The number of morpholine rings is 1. The summed E-state index contributed by atoms with van der Waals surface area (Å²) in [5, 5.41) is 8.16. The number of hydrogen-bond donors (Lipinski definition) is 2. The first-order valence-corrected chi connectivity index (χ1v) is 7.71. The van der Waals surface area contributed by atoms with Crippen LogP contribution in [0.2, 0.25) is 0 Å². The van der Waals surface area contributed by atoms with Gasteiger partial charge in [0.05, 0.1) is 13.2 Å². The van der Waals surface area contributed by atoms with Gasteiger partial charge in [-0.15, -0.1) is 10.2 Å². The van der Waals surface area contributed by atoms with E-state index in [9.17, 15) is 4.79 Å². The number of rotatable bonds is 3. The number of carbonyl (C=O) groups excluding carboxylic acids is 1. The monoisotopic (exact) mass is 342 g/mol. The highest BCUT2D eigenvalue weighted by atomic mass is 16.6. The molecular formula is C16H18N6O3. The fourth-order valence-electron chi connectivity index (χ4n) is 2.21. The zero-order valence-corrected chi connectivity index (χ0v) is 13.5. The van der Waals surface area contributed by atoms with Crippen LogP contribution in [0.25, 0.3) is 0 Å². The lowest BCUT2D eigenvalue weighted by atomic mass is 10.3. The Kier molecular flexibility index (Phi) is 5.05. The molecule has 0 spiro atoms. The average molecular weight is 342 g/mol. The molecular weight excluding hydrogens is 324 g/mol. The molecule has 1 aromatic carbocycles. The third-order valence-electron chi connectivity index (χ3n) is 3.52. The number of pyridine rings is 1. The van der Waals surface area contributed by atoms with E-state index in [4.69, 9.17) is 20.9 Å². The number of carbonyl (C=O) groups is 1. The van der Waals surface area contributed by atoms with Gasteiger partial charge < -0.3 is 25.8 Å². The van der Waals surface area contributed by atoms with Crippen molar-refractivity contribution in [2.75, 3.05) is 37.8 Å². The number of nitrogens with two attached hydrogens (primary N) is 2. The molecule has 1 fully saturated rings. The largest absolute Gasteiger partial charge is 0.415 e. The number of para-hydroxylation sites is 1. The van der Waals surface area contributed by atoms with Crippen molar-refractivity contribution in [1.82, 2.24) is 9.88 Å². The first-order chi connectivity index (χ1) is 12.1. The van der Waals surface area contributed by atoms with Gasteiger partial charge in [0.1, 0.15) is 17.2 Å². The van der Waals surface area contributed by atoms with Crippen LogP contribution in [0.5, 0.6) is 5.75 Å². The standard InChI is InChI=1S/C16H18N6O3/c17-14-6-5-12(15(18)19-14)21-20-11-3-1-2-4-13(11)25-16(23)22-7-9-24-10-8-22/h1-6H,7-10H2,(H4,17,18,19)/b21-20+. The van der Waals surface area contributed by atoms with Gasteiger partial charge in [-0.1, -0.05) is 12.1 Å². The van der Waals surface area contributed by atoms with E-state index in [2.05, 4.69) is 15.2 Å². The number of anilines is 2. The van der Waals surface area contributed by atoms with E-state index in [-0.39, 0.29) is 5.82 Å². The van der Waals surface area contributed by atoms with E-state index in [1.54, 1.807) is 41.3 Å². The van der Waals surface area contributed by atoms with Crippen LogP contribution in [-0.2, 0) is 4.74 Å². The summed E-state index contributed by atoms with van der Waals surface area (Å²) < 4.78 is 10.7. The smallest absolute Gasteiger partial charge is 0.408 e. The van der Waals surface area contributed by atoms with E-state index in [1.165, 1.54) is 0 Å². The molecule has 1 aliphatic heterocycles. The Balaban J connectivity index is 1.76. The summed E-state index contributed by atoms with van der Waals surface area (Å²) in [6.45, 7) is 1.99. The van der Waals surface area contributed by atoms with Gasteiger partial charge in [-0.05, 0) is 24.3 Å². The molecule has 0 saturated carbocycles. The lowest BCUT2D eigenvalue weighted by Crippen LogP contribution is -2.42. The van der Waals surface area contributed by atoms with Crippen LogP contribution in [0.4, 0.5) is 27.8 Å². The molecule has 0 radical (unpaired) electrons. The topological polar surface area (TPSA) is 128 Å². The fourth-order valence-corrected chi connectivity index (χ4v) is 2.21. The minimum atomic E-state index is -0.445. The maximum Gasteiger partial charge on any atom is 0.415 e. The molecule has 0 aliphatic carbocycles. The van der Waals surface area contributed by atoms with Gasteiger partial charge in [-0.2, -0.15) is 0 Å². The fraction of sp³-hybridized carbons (Fsp3) is 0.250. The summed E-state index contributed by atoms with van der Waals surface area (Å²) in [6, 6.07) is 10.0. The molecule has 4 N–H and O–H groups in total. The van der Waals surface area contributed by atoms with Crippen molar-refractivity contribution in [2.24, 2.45) is 10.2 Å². The number of nitrogen functional groups attached to an aromatic ring is 2. The Bertz CT molecular complexity index is 789. The molecule has 130 valence electrons. The molecule has 3 rings (SSSR count). The number of benzene rings is 1. The van der Waals surface area contributed by atoms with Gasteiger partial charge in [0.15, 0.2) is 11.6 Å². The zero-order valence-electron chi connectivity index (χ0n) is 13.5. The lowest BCUT2D eigenvalue weighted by Gasteiger charge is -2.25. The molecule has 1 amide bonds. The van der Waals surface area contributed by atoms with Gasteiger partial charge in [-0.3, -0.25) is 0 Å². The summed E-state index contributed by atoms with van der Waals surface area (Å²) in [6.07, 6.45) is -0.445. The van der Waals surface area contributed by atoms with Crippen LogP contribution in [0.1, 0.15) is 0 Å². The minimum Gasteiger partial charge on any atom is -0.408 e. The molecule has 0 bridgehead atoms. The predicted octanol–water partition coefficient (Wildman–Crippen LogP) is 2.49. The number of nitrogens with zero attached hydrogens (tertiary/aromatic N) is 4. The lowest BCUT2D eigenvalue weighted by molar-refractivity contribution is 0.0416. The average Bonchev–Trinajstić information content (AvgIpc) is 2.63. The second-order valence-electron chi connectivity index (χ2n) is 5.28. The van der Waals surface area contributed by atoms with E-state index in [1.807, 2.05) is 0 Å². The first-order valence-electron chi connectivity index (χ1n) is 7.71. The van der Waals surface area contributed by atoms with Gasteiger partial charge in [0.2, 0.25) is 0 Å². The Labute approximate surface area is 144 Å². The van der Waals surface area contributed by atoms with Crippen LogP contribution >= 0.6 is 0 Å². The van der Waals surface area contributed by atoms with Crippen LogP contribution < -0.4 is 16.2 Å². The van der Waals surface area contributed by atoms with Crippen LogP contribution in [-0.4, -0.2) is 42.3 Å². The third-order valence-corrected chi connectivity index (χ3v) is 3.52. The van der Waals surface area contributed by atoms with Crippen molar-refractivity contribution in [1.29, 1.82) is 0 Å². The highest BCUT2D eigenvalue weighted by Crippen LogP contribution is 2.30. The number of aromatic nitrogens is 1. The zero-order chi connectivity index (χ0) is 17.6. The van der Waals surface area contributed by atoms with Gasteiger partial charge in [-0.25, -0.2) is 9.78 Å². The van der Waals surface area contributed by atoms with Crippen molar-refractivity contribution < 1.29 is 14.3 Å². The number of amides is 1. The Morgan fingerprint density at radius 3 is 2.56 bits per heavy atom. The second-order valence-corrected chi connectivity index (χ2v) is 5.28. The molecule has 1 aromatic heterocycles. The molecule has 0 atom stereocenters. The molecule has 0 unspecified atom stereocenters. The van der Waals surface area contributed by atoms with E-state index < -0.39 is 6.09 Å². The normalized spacial score (nSPS) is 14.6. The Morgan fingerprint density at radius 1 is 1.08 bits per heavy atom. The highest BCUT2D eigenvalue weighted by molar-refractivity contribution is 5.73. The van der Waals surface area contributed by atoms with Gasteiger partial charge >= 0.3 is 6.09 Å². The maximum atomic E-state index is 12.2. The quantitative estimate of drug-likeness (QED) is 0.825. The van der Waals surface area contributed by atoms with Crippen molar-refractivity contribution in [3.05, 3.63) is 36.4 Å². The summed E-state index contributed by atoms with van der Waals surface area (Å²) in [4.78, 5) is 17.7. The summed E-state index contributed by atoms with van der Waals surface area (Å²) in [5.41, 5.74) is 12.1. The van der Waals surface area contributed by atoms with Gasteiger partial charge in [0.25, 0.3) is 0 Å². The summed E-state index contributed by atoms with van der Waals surface area (Å²) in [7, 11) is 0. The first kappa shape index (κ1) is 16.7. The van der Waals surface area contributed by atoms with Crippen LogP contribution in [0.15, 0.2) is 46.6 Å². The molecule has 9 heteroatoms. The van der Waals surface area contributed by atoms with Gasteiger partial charge in [0, 0.05) is 13.1 Å². The van der Waals surface area contributed by atoms with E-state index in [0.29, 0.717) is 49.2 Å². The number of ether oxygens (including phenoxy) is 2. The number of azo groups is 1. The van der Waals surface area contributed by atoms with Crippen LogP contribution in [0.3, 0.4) is 0 Å². The summed E-state index contributed by atoms with van der Waals surface area (Å²) in [5.74, 6) is 0.785. The molecule has 9 nitrogen and oxygen atoms in total. The SMILES string of the molecule is Nc1ccc(/N=N/c2ccccc2OC(=O)N2CCOCC2)c(N)n1. The number of hydrogen-bond acceptors (Lipinski definition) is 8. The van der Waals surface area contributed by atoms with Crippen molar-refractivity contribution in [3.8, 4) is 5.75 Å². The molecule has 25 heavy (non-hydrogen) atoms. The highest BCUT2D eigenvalue weighted by Gasteiger charge is 2.19. The van der Waals surface area contributed by atoms with Crippen molar-refractivity contribution >= 4 is 29.1 Å². The molecule has 2 aromatic rings. The van der Waals surface area contributed by atoms with Crippen LogP contribution in [0, 0.1) is 0 Å². The Morgan fingerprint density at radius 2 is 1.80 bits per heavy atom. The van der Waals surface area contributed by atoms with Crippen molar-refractivity contribution in [3.63, 3.8) is 0 Å². The van der Waals surface area contributed by atoms with Crippen molar-refractivity contribution in [2.45, 2.75) is 0 Å². The predicted molar refractivity (Wildman–Crippen MR) is 92.1 cm³/mol. The second kappa shape index (κ2) is 7.58. The Hall–Kier alpha value is -3.20. The minimum absolute atomic E-state index is 0.173. The maximum absolute atomic E-state index is 12.2. The third kappa shape index (κ3) is 4.21. The molecule has 1 saturated heterocycles. The molecule has 1 aliphatic rings. The van der Waals surface area contributed by atoms with E-state index in [0.717, 1.165) is 0 Å².